The van der Waals surface area contributed by atoms with Crippen molar-refractivity contribution in [3.05, 3.63) is 52.5 Å². The summed E-state index contributed by atoms with van der Waals surface area (Å²) in [6.07, 6.45) is 2.96. The van der Waals surface area contributed by atoms with E-state index in [2.05, 4.69) is 35.1 Å². The average Bonchev–Trinajstić information content (AvgIpc) is 2.62. The molecule has 5 heteroatoms. The number of anilines is 1. The highest BCUT2D eigenvalue weighted by Crippen LogP contribution is 2.25. The van der Waals surface area contributed by atoms with E-state index in [-0.39, 0.29) is 5.91 Å². The van der Waals surface area contributed by atoms with Gasteiger partial charge in [-0.2, -0.15) is 0 Å². The van der Waals surface area contributed by atoms with E-state index in [9.17, 15) is 4.79 Å². The van der Waals surface area contributed by atoms with Crippen LogP contribution in [0.5, 0.6) is 11.5 Å². The molecule has 0 aromatic heterocycles. The summed E-state index contributed by atoms with van der Waals surface area (Å²) in [6, 6.07) is 12.8. The summed E-state index contributed by atoms with van der Waals surface area (Å²) in [6.45, 7) is 5.45. The van der Waals surface area contributed by atoms with Crippen molar-refractivity contribution >= 4 is 27.5 Å². The minimum absolute atomic E-state index is 0.199. The Kier molecular flexibility index (Phi) is 7.79. The molecule has 0 radical (unpaired) electrons. The van der Waals surface area contributed by atoms with Crippen LogP contribution in [0.2, 0.25) is 0 Å². The van der Waals surface area contributed by atoms with Crippen LogP contribution >= 0.6 is 15.9 Å². The van der Waals surface area contributed by atoms with Gasteiger partial charge in [-0.15, -0.1) is 0 Å². The summed E-state index contributed by atoms with van der Waals surface area (Å²) in [4.78, 5) is 12.6. The largest absolute Gasteiger partial charge is 0.494 e. The van der Waals surface area contributed by atoms with E-state index in [1.807, 2.05) is 36.4 Å². The predicted octanol–water partition coefficient (Wildman–Crippen LogP) is 5.67. The molecule has 0 heterocycles. The summed E-state index contributed by atoms with van der Waals surface area (Å²) < 4.78 is 12.1. The van der Waals surface area contributed by atoms with Crippen LogP contribution in [0.3, 0.4) is 0 Å². The number of hydrogen-bond acceptors (Lipinski definition) is 3. The fraction of sp³-hybridized carbons (Fsp3) is 0.350. The second-order valence-corrected chi connectivity index (χ2v) is 6.59. The molecule has 2 aromatic rings. The molecule has 2 aromatic carbocycles. The van der Waals surface area contributed by atoms with E-state index in [4.69, 9.17) is 9.47 Å². The van der Waals surface area contributed by atoms with Gasteiger partial charge in [-0.1, -0.05) is 36.2 Å². The zero-order chi connectivity index (χ0) is 18.1. The summed E-state index contributed by atoms with van der Waals surface area (Å²) >= 11 is 3.41. The third kappa shape index (κ3) is 6.09. The molecule has 4 nitrogen and oxygen atoms in total. The van der Waals surface area contributed by atoms with E-state index in [1.165, 1.54) is 0 Å². The summed E-state index contributed by atoms with van der Waals surface area (Å²) in [5, 5.41) is 2.90. The summed E-state index contributed by atoms with van der Waals surface area (Å²) in [5.41, 5.74) is 1.23. The fourth-order valence-electron chi connectivity index (χ4n) is 2.18. The molecule has 0 spiro atoms. The third-order valence-electron chi connectivity index (χ3n) is 3.53. The molecule has 0 aliphatic heterocycles. The molecule has 1 N–H and O–H groups in total. The maximum Gasteiger partial charge on any atom is 0.259 e. The van der Waals surface area contributed by atoms with Crippen molar-refractivity contribution in [2.45, 2.75) is 33.1 Å². The zero-order valence-electron chi connectivity index (χ0n) is 14.7. The van der Waals surface area contributed by atoms with Crippen molar-refractivity contribution < 1.29 is 14.3 Å². The van der Waals surface area contributed by atoms with Gasteiger partial charge in [0.15, 0.2) is 0 Å². The fourth-order valence-corrected chi connectivity index (χ4v) is 2.55. The highest BCUT2D eigenvalue weighted by Gasteiger charge is 2.14. The lowest BCUT2D eigenvalue weighted by atomic mass is 10.1. The van der Waals surface area contributed by atoms with Gasteiger partial charge in [0.25, 0.3) is 5.91 Å². The van der Waals surface area contributed by atoms with Crippen molar-refractivity contribution in [1.29, 1.82) is 0 Å². The number of halogens is 1. The maximum atomic E-state index is 12.6. The number of carbonyl (C=O) groups excluding carboxylic acids is 1. The van der Waals surface area contributed by atoms with Gasteiger partial charge in [0, 0.05) is 10.2 Å². The number of rotatable bonds is 9. The minimum atomic E-state index is -0.199. The van der Waals surface area contributed by atoms with Crippen molar-refractivity contribution in [2.75, 3.05) is 18.5 Å². The second kappa shape index (κ2) is 10.1. The van der Waals surface area contributed by atoms with E-state index in [0.29, 0.717) is 30.2 Å². The quantitative estimate of drug-likeness (QED) is 0.546. The number of benzene rings is 2. The molecule has 134 valence electrons. The second-order valence-electron chi connectivity index (χ2n) is 5.67. The zero-order valence-corrected chi connectivity index (χ0v) is 16.3. The molecule has 0 bridgehead atoms. The van der Waals surface area contributed by atoms with Crippen LogP contribution in [-0.2, 0) is 0 Å². The van der Waals surface area contributed by atoms with E-state index < -0.39 is 0 Å². The molecule has 0 atom stereocenters. The molecular weight excluding hydrogens is 382 g/mol. The summed E-state index contributed by atoms with van der Waals surface area (Å²) in [7, 11) is 0. The SMILES string of the molecule is CCCCOc1ccc(Br)cc1C(=O)Nc1ccc(OCCC)cc1. The highest BCUT2D eigenvalue weighted by molar-refractivity contribution is 9.10. The van der Waals surface area contributed by atoms with Gasteiger partial charge >= 0.3 is 0 Å². The molecule has 0 fully saturated rings. The molecule has 25 heavy (non-hydrogen) atoms. The van der Waals surface area contributed by atoms with Crippen LogP contribution in [-0.4, -0.2) is 19.1 Å². The lowest BCUT2D eigenvalue weighted by Gasteiger charge is -2.12. The van der Waals surface area contributed by atoms with Crippen LogP contribution < -0.4 is 14.8 Å². The Labute approximate surface area is 157 Å². The van der Waals surface area contributed by atoms with Crippen molar-refractivity contribution in [3.63, 3.8) is 0 Å². The number of hydrogen-bond donors (Lipinski definition) is 1. The Hall–Kier alpha value is -2.01. The number of unbranched alkanes of at least 4 members (excludes halogenated alkanes) is 1. The molecule has 0 unspecified atom stereocenters. The lowest BCUT2D eigenvalue weighted by Crippen LogP contribution is -2.14. The van der Waals surface area contributed by atoms with Gasteiger partial charge in [0.05, 0.1) is 18.8 Å². The first-order chi connectivity index (χ1) is 12.1. The van der Waals surface area contributed by atoms with Crippen LogP contribution in [0.1, 0.15) is 43.5 Å². The number of nitrogens with one attached hydrogen (secondary N) is 1. The molecule has 2 rings (SSSR count). The van der Waals surface area contributed by atoms with Crippen LogP contribution in [0.15, 0.2) is 46.9 Å². The Morgan fingerprint density at radius 2 is 1.76 bits per heavy atom. The number of carbonyl (C=O) groups is 1. The Balaban J connectivity index is 2.07. The van der Waals surface area contributed by atoms with Gasteiger partial charge in [0.2, 0.25) is 0 Å². The smallest absolute Gasteiger partial charge is 0.259 e. The normalized spacial score (nSPS) is 10.4. The third-order valence-corrected chi connectivity index (χ3v) is 4.02. The van der Waals surface area contributed by atoms with Crippen LogP contribution in [0, 0.1) is 0 Å². The van der Waals surface area contributed by atoms with E-state index in [1.54, 1.807) is 6.07 Å². The van der Waals surface area contributed by atoms with Gasteiger partial charge in [-0.3, -0.25) is 4.79 Å². The highest BCUT2D eigenvalue weighted by atomic mass is 79.9. The number of amides is 1. The first kappa shape index (κ1) is 19.3. The van der Waals surface area contributed by atoms with Crippen LogP contribution in [0.4, 0.5) is 5.69 Å². The van der Waals surface area contributed by atoms with Gasteiger partial charge in [-0.05, 0) is 55.3 Å². The standard InChI is InChI=1S/C20H24BrNO3/c1-3-5-13-25-19-11-6-15(21)14-18(19)20(23)22-16-7-9-17(10-8-16)24-12-4-2/h6-11,14H,3-5,12-13H2,1-2H3,(H,22,23). The Morgan fingerprint density at radius 3 is 2.44 bits per heavy atom. The first-order valence-corrected chi connectivity index (χ1v) is 9.40. The molecule has 0 saturated heterocycles. The predicted molar refractivity (Wildman–Crippen MR) is 105 cm³/mol. The van der Waals surface area contributed by atoms with Crippen molar-refractivity contribution in [2.24, 2.45) is 0 Å². The van der Waals surface area contributed by atoms with Gasteiger partial charge < -0.3 is 14.8 Å². The van der Waals surface area contributed by atoms with E-state index in [0.717, 1.165) is 29.5 Å². The lowest BCUT2D eigenvalue weighted by molar-refractivity contribution is 0.102. The van der Waals surface area contributed by atoms with Crippen molar-refractivity contribution in [3.8, 4) is 11.5 Å². The van der Waals surface area contributed by atoms with Gasteiger partial charge in [0.1, 0.15) is 11.5 Å². The monoisotopic (exact) mass is 405 g/mol. The van der Waals surface area contributed by atoms with E-state index >= 15 is 0 Å². The van der Waals surface area contributed by atoms with Gasteiger partial charge in [-0.25, -0.2) is 0 Å². The average molecular weight is 406 g/mol. The molecule has 1 amide bonds. The summed E-state index contributed by atoms with van der Waals surface area (Å²) in [5.74, 6) is 1.19. The Morgan fingerprint density at radius 1 is 1.00 bits per heavy atom. The molecule has 0 saturated carbocycles. The topological polar surface area (TPSA) is 47.6 Å². The Bertz CT molecular complexity index is 686. The van der Waals surface area contributed by atoms with Crippen LogP contribution in [0.25, 0.3) is 0 Å². The van der Waals surface area contributed by atoms with Crippen molar-refractivity contribution in [1.82, 2.24) is 0 Å². The maximum absolute atomic E-state index is 12.6. The molecular formula is C20H24BrNO3. The number of ether oxygens (including phenoxy) is 2. The first-order valence-electron chi connectivity index (χ1n) is 8.60. The molecule has 0 aliphatic carbocycles. The minimum Gasteiger partial charge on any atom is -0.494 e. The molecule has 0 aliphatic rings.